The predicted octanol–water partition coefficient (Wildman–Crippen LogP) is 4.06. The van der Waals surface area contributed by atoms with Crippen LogP contribution in [0, 0.1) is 18.3 Å². The number of nitriles is 1. The molecular weight excluding hydrogens is 426 g/mol. The number of hydrogen-bond donors (Lipinski definition) is 1. The summed E-state index contributed by atoms with van der Waals surface area (Å²) in [5, 5.41) is 19.7. The minimum atomic E-state index is -0.377. The number of aryl methyl sites for hydroxylation is 1. The van der Waals surface area contributed by atoms with Gasteiger partial charge in [0.1, 0.15) is 11.8 Å². The summed E-state index contributed by atoms with van der Waals surface area (Å²) in [4.78, 5) is 19.7. The highest BCUT2D eigenvalue weighted by atomic mass is 35.5. The molecule has 0 aliphatic carbocycles. The Morgan fingerprint density at radius 2 is 1.75 bits per heavy atom. The van der Waals surface area contributed by atoms with E-state index in [2.05, 4.69) is 25.3 Å². The van der Waals surface area contributed by atoms with E-state index in [1.807, 2.05) is 55.5 Å². The lowest BCUT2D eigenvalue weighted by atomic mass is 9.98. The number of benzene rings is 1. The average molecular weight is 442 g/mol. The highest BCUT2D eigenvalue weighted by molar-refractivity contribution is 6.30. The number of nitrogens with one attached hydrogen (secondary N) is 1. The standard InChI is InChI=1S/C16H10ClN5O.C7H6N2/c17-12-3-1-10(2-4-12)13-9-19-22-15(20-21-16(22)23)14(13)11-5-7-18-8-6-11;1-6-2-3-7(4-8)9-5-6/h1-9H,(H,21,23);2-3,5H,1H3. The largest absolute Gasteiger partial charge is 0.364 e. The zero-order chi connectivity index (χ0) is 22.5. The van der Waals surface area contributed by atoms with Crippen molar-refractivity contribution in [3.63, 3.8) is 0 Å². The maximum atomic E-state index is 11.8. The van der Waals surface area contributed by atoms with E-state index in [4.69, 9.17) is 16.9 Å². The van der Waals surface area contributed by atoms with Crippen molar-refractivity contribution < 1.29 is 0 Å². The molecule has 5 aromatic rings. The van der Waals surface area contributed by atoms with Gasteiger partial charge in [0.05, 0.1) is 6.20 Å². The summed E-state index contributed by atoms with van der Waals surface area (Å²) in [5.74, 6) is 0. The van der Waals surface area contributed by atoms with Crippen molar-refractivity contribution >= 4 is 17.2 Å². The summed E-state index contributed by atoms with van der Waals surface area (Å²) in [6.45, 7) is 1.94. The normalized spacial score (nSPS) is 10.3. The molecular formula is C23H16ClN7O. The van der Waals surface area contributed by atoms with Gasteiger partial charge >= 0.3 is 5.69 Å². The first-order valence-electron chi connectivity index (χ1n) is 9.52. The molecule has 4 aromatic heterocycles. The van der Waals surface area contributed by atoms with Crippen LogP contribution in [-0.4, -0.2) is 29.8 Å². The van der Waals surface area contributed by atoms with E-state index in [0.717, 1.165) is 27.8 Å². The van der Waals surface area contributed by atoms with Crippen molar-refractivity contribution in [2.24, 2.45) is 0 Å². The maximum Gasteiger partial charge on any atom is 0.364 e. The van der Waals surface area contributed by atoms with Gasteiger partial charge in [-0.15, -0.1) is 0 Å². The number of aromatic nitrogens is 6. The van der Waals surface area contributed by atoms with Crippen molar-refractivity contribution in [2.45, 2.75) is 6.92 Å². The molecule has 8 nitrogen and oxygen atoms in total. The minimum Gasteiger partial charge on any atom is -0.265 e. The van der Waals surface area contributed by atoms with Crippen molar-refractivity contribution in [1.29, 1.82) is 5.26 Å². The quantitative estimate of drug-likeness (QED) is 0.442. The van der Waals surface area contributed by atoms with E-state index >= 15 is 0 Å². The van der Waals surface area contributed by atoms with Crippen LogP contribution in [-0.2, 0) is 0 Å². The molecule has 1 N–H and O–H groups in total. The van der Waals surface area contributed by atoms with Crippen LogP contribution in [0.2, 0.25) is 5.02 Å². The van der Waals surface area contributed by atoms with Crippen LogP contribution in [0.1, 0.15) is 11.3 Å². The summed E-state index contributed by atoms with van der Waals surface area (Å²) < 4.78 is 1.25. The Hall–Kier alpha value is -4.35. The molecule has 4 heterocycles. The SMILES string of the molecule is Cc1ccc(C#N)nc1.O=c1[nH]nc2c(-c3ccncc3)c(-c3ccc(Cl)cc3)cnn12. The minimum absolute atomic E-state index is 0.377. The number of rotatable bonds is 2. The van der Waals surface area contributed by atoms with E-state index in [9.17, 15) is 4.79 Å². The maximum absolute atomic E-state index is 11.8. The van der Waals surface area contributed by atoms with E-state index in [1.165, 1.54) is 4.52 Å². The van der Waals surface area contributed by atoms with Crippen molar-refractivity contribution in [2.75, 3.05) is 0 Å². The van der Waals surface area contributed by atoms with Crippen LogP contribution in [0.4, 0.5) is 0 Å². The van der Waals surface area contributed by atoms with Crippen LogP contribution in [0.25, 0.3) is 27.9 Å². The Balaban J connectivity index is 0.000000230. The lowest BCUT2D eigenvalue weighted by Gasteiger charge is -2.10. The fourth-order valence-electron chi connectivity index (χ4n) is 3.05. The van der Waals surface area contributed by atoms with Gasteiger partial charge in [0.15, 0.2) is 5.65 Å². The topological polar surface area (TPSA) is 113 Å². The van der Waals surface area contributed by atoms with E-state index < -0.39 is 0 Å². The van der Waals surface area contributed by atoms with Crippen LogP contribution in [0.5, 0.6) is 0 Å². The van der Waals surface area contributed by atoms with Gasteiger partial charge in [0, 0.05) is 34.7 Å². The predicted molar refractivity (Wildman–Crippen MR) is 121 cm³/mol. The smallest absolute Gasteiger partial charge is 0.265 e. The first-order valence-corrected chi connectivity index (χ1v) is 9.90. The molecule has 5 rings (SSSR count). The Bertz CT molecular complexity index is 1450. The van der Waals surface area contributed by atoms with Gasteiger partial charge < -0.3 is 0 Å². The summed E-state index contributed by atoms with van der Waals surface area (Å²) in [5.41, 5.74) is 5.15. The van der Waals surface area contributed by atoms with Gasteiger partial charge in [0.2, 0.25) is 0 Å². The van der Waals surface area contributed by atoms with Crippen LogP contribution in [0.3, 0.4) is 0 Å². The van der Waals surface area contributed by atoms with Gasteiger partial charge in [-0.1, -0.05) is 29.8 Å². The second-order valence-corrected chi connectivity index (χ2v) is 7.21. The molecule has 0 spiro atoms. The number of halogens is 1. The molecule has 9 heteroatoms. The lowest BCUT2D eigenvalue weighted by molar-refractivity contribution is 0.881. The lowest BCUT2D eigenvalue weighted by Crippen LogP contribution is -2.12. The molecule has 0 radical (unpaired) electrons. The number of nitrogens with zero attached hydrogens (tertiary/aromatic N) is 6. The van der Waals surface area contributed by atoms with E-state index in [-0.39, 0.29) is 5.69 Å². The van der Waals surface area contributed by atoms with Crippen LogP contribution < -0.4 is 5.69 Å². The summed E-state index contributed by atoms with van der Waals surface area (Å²) >= 11 is 5.97. The molecule has 0 fully saturated rings. The first-order chi connectivity index (χ1) is 15.6. The molecule has 0 saturated carbocycles. The van der Waals surface area contributed by atoms with Crippen molar-refractivity contribution in [3.8, 4) is 28.3 Å². The van der Waals surface area contributed by atoms with Crippen molar-refractivity contribution in [1.82, 2.24) is 29.8 Å². The summed E-state index contributed by atoms with van der Waals surface area (Å²) in [6.07, 6.45) is 6.73. The molecule has 0 unspecified atom stereocenters. The molecule has 0 aliphatic rings. The Morgan fingerprint density at radius 3 is 2.41 bits per heavy atom. The number of hydrogen-bond acceptors (Lipinski definition) is 6. The number of pyridine rings is 2. The Labute approximate surface area is 187 Å². The van der Waals surface area contributed by atoms with Gasteiger partial charge in [-0.3, -0.25) is 4.98 Å². The van der Waals surface area contributed by atoms with E-state index in [0.29, 0.717) is 16.4 Å². The van der Waals surface area contributed by atoms with Gasteiger partial charge in [-0.2, -0.15) is 20.0 Å². The molecule has 0 amide bonds. The molecule has 0 atom stereocenters. The van der Waals surface area contributed by atoms with Crippen molar-refractivity contribution in [3.05, 3.63) is 100 Å². The third-order valence-corrected chi connectivity index (χ3v) is 4.85. The summed E-state index contributed by atoms with van der Waals surface area (Å²) in [7, 11) is 0. The molecule has 1 aromatic carbocycles. The fraction of sp³-hybridized carbons (Fsp3) is 0.0435. The monoisotopic (exact) mass is 441 g/mol. The molecule has 0 saturated heterocycles. The molecule has 156 valence electrons. The number of fused-ring (bicyclic) bond motifs is 1. The first kappa shape index (κ1) is 20.9. The number of aromatic amines is 1. The van der Waals surface area contributed by atoms with Gasteiger partial charge in [-0.05, 0) is 53.9 Å². The van der Waals surface area contributed by atoms with Gasteiger partial charge in [-0.25, -0.2) is 14.9 Å². The highest BCUT2D eigenvalue weighted by Crippen LogP contribution is 2.33. The van der Waals surface area contributed by atoms with E-state index in [1.54, 1.807) is 30.9 Å². The zero-order valence-corrected chi connectivity index (χ0v) is 17.7. The van der Waals surface area contributed by atoms with Crippen LogP contribution in [0.15, 0.2) is 78.1 Å². The highest BCUT2D eigenvalue weighted by Gasteiger charge is 2.16. The number of H-pyrrole nitrogens is 1. The molecule has 0 aliphatic heterocycles. The molecule has 0 bridgehead atoms. The third kappa shape index (κ3) is 4.38. The second-order valence-electron chi connectivity index (χ2n) is 6.77. The van der Waals surface area contributed by atoms with Crippen LogP contribution >= 0.6 is 11.6 Å². The zero-order valence-electron chi connectivity index (χ0n) is 16.9. The second kappa shape index (κ2) is 9.20. The summed E-state index contributed by atoms with van der Waals surface area (Å²) in [6, 6.07) is 16.7. The average Bonchev–Trinajstić information content (AvgIpc) is 3.21. The Morgan fingerprint density at radius 1 is 1.00 bits per heavy atom. The Kier molecular flexibility index (Phi) is 6.01. The third-order valence-electron chi connectivity index (χ3n) is 4.60. The molecule has 32 heavy (non-hydrogen) atoms. The fourth-order valence-corrected chi connectivity index (χ4v) is 3.17. The van der Waals surface area contributed by atoms with Gasteiger partial charge in [0.25, 0.3) is 0 Å².